The van der Waals surface area contributed by atoms with Crippen molar-refractivity contribution in [3.8, 4) is 11.3 Å². The third-order valence-corrected chi connectivity index (χ3v) is 4.33. The van der Waals surface area contributed by atoms with Gasteiger partial charge in [-0.3, -0.25) is 9.69 Å². The smallest absolute Gasteiger partial charge is 0.238 e. The summed E-state index contributed by atoms with van der Waals surface area (Å²) in [4.78, 5) is 14.6. The molecule has 1 N–H and O–H groups in total. The van der Waals surface area contributed by atoms with Crippen LogP contribution in [0.5, 0.6) is 0 Å². The zero-order valence-corrected chi connectivity index (χ0v) is 15.8. The van der Waals surface area contributed by atoms with Gasteiger partial charge in [0, 0.05) is 23.9 Å². The third-order valence-electron chi connectivity index (χ3n) is 4.33. The van der Waals surface area contributed by atoms with Gasteiger partial charge in [0.1, 0.15) is 0 Å². The Bertz CT molecular complexity index is 874. The molecule has 140 valence electrons. The average molecular weight is 363 g/mol. The summed E-state index contributed by atoms with van der Waals surface area (Å²) in [5.74, 6) is 0.718. The summed E-state index contributed by atoms with van der Waals surface area (Å²) in [7, 11) is 0. The van der Waals surface area contributed by atoms with Gasteiger partial charge in [-0.15, -0.1) is 0 Å². The van der Waals surface area contributed by atoms with Crippen LogP contribution in [-0.4, -0.2) is 29.1 Å². The van der Waals surface area contributed by atoms with Gasteiger partial charge in [0.25, 0.3) is 0 Å². The number of rotatable bonds is 8. The predicted octanol–water partition coefficient (Wildman–Crippen LogP) is 4.50. The van der Waals surface area contributed by atoms with Crippen molar-refractivity contribution in [2.45, 2.75) is 26.8 Å². The summed E-state index contributed by atoms with van der Waals surface area (Å²) in [6.45, 7) is 5.79. The molecule has 1 heterocycles. The van der Waals surface area contributed by atoms with Crippen molar-refractivity contribution >= 4 is 11.6 Å². The molecule has 1 aromatic heterocycles. The molecule has 0 spiro atoms. The minimum atomic E-state index is -0.0236. The lowest BCUT2D eigenvalue weighted by Crippen LogP contribution is -2.33. The molecule has 0 saturated carbocycles. The lowest BCUT2D eigenvalue weighted by atomic mass is 10.1. The first-order chi connectivity index (χ1) is 13.2. The first kappa shape index (κ1) is 18.9. The summed E-state index contributed by atoms with van der Waals surface area (Å²) in [6, 6.07) is 19.6. The lowest BCUT2D eigenvalue weighted by molar-refractivity contribution is -0.117. The molecule has 0 atom stereocenters. The van der Waals surface area contributed by atoms with Gasteiger partial charge >= 0.3 is 0 Å². The summed E-state index contributed by atoms with van der Waals surface area (Å²) < 4.78 is 5.47. The van der Waals surface area contributed by atoms with Gasteiger partial charge in [0.15, 0.2) is 5.76 Å². The number of carbonyl (C=O) groups is 1. The molecule has 1 amide bonds. The molecule has 5 nitrogen and oxygen atoms in total. The molecule has 0 saturated heterocycles. The van der Waals surface area contributed by atoms with Crippen molar-refractivity contribution in [2.24, 2.45) is 0 Å². The van der Waals surface area contributed by atoms with Gasteiger partial charge in [-0.2, -0.15) is 0 Å². The molecule has 0 fully saturated rings. The van der Waals surface area contributed by atoms with E-state index < -0.39 is 0 Å². The molecule has 2 aromatic carbocycles. The highest BCUT2D eigenvalue weighted by Gasteiger charge is 2.14. The van der Waals surface area contributed by atoms with Gasteiger partial charge < -0.3 is 9.84 Å². The van der Waals surface area contributed by atoms with E-state index in [0.29, 0.717) is 13.1 Å². The number of benzene rings is 2. The van der Waals surface area contributed by atoms with Crippen LogP contribution < -0.4 is 5.32 Å². The van der Waals surface area contributed by atoms with E-state index in [1.54, 1.807) is 0 Å². The van der Waals surface area contributed by atoms with Crippen LogP contribution in [-0.2, 0) is 11.3 Å². The van der Waals surface area contributed by atoms with Gasteiger partial charge in [0.2, 0.25) is 5.91 Å². The molecule has 5 heteroatoms. The van der Waals surface area contributed by atoms with E-state index in [1.165, 1.54) is 0 Å². The zero-order valence-electron chi connectivity index (χ0n) is 15.8. The van der Waals surface area contributed by atoms with Crippen LogP contribution in [0.15, 0.2) is 65.2 Å². The molecule has 0 unspecified atom stereocenters. The van der Waals surface area contributed by atoms with E-state index in [0.717, 1.165) is 41.2 Å². The molecular weight excluding hydrogens is 338 g/mol. The van der Waals surface area contributed by atoms with Crippen LogP contribution >= 0.6 is 0 Å². The Balaban J connectivity index is 1.63. The van der Waals surface area contributed by atoms with Crippen molar-refractivity contribution in [1.82, 2.24) is 10.1 Å². The predicted molar refractivity (Wildman–Crippen MR) is 107 cm³/mol. The SMILES string of the molecule is CCCN(CC(=O)Nc1ccccc1C)Cc1cc(-c2ccccc2)on1. The molecular formula is C22H25N3O2. The molecule has 0 bridgehead atoms. The molecule has 27 heavy (non-hydrogen) atoms. The van der Waals surface area contributed by atoms with Crippen molar-refractivity contribution < 1.29 is 9.32 Å². The van der Waals surface area contributed by atoms with E-state index in [2.05, 4.69) is 22.3 Å². The Morgan fingerprint density at radius 3 is 2.59 bits per heavy atom. The Labute approximate surface area is 160 Å². The molecule has 0 aliphatic carbocycles. The highest BCUT2D eigenvalue weighted by molar-refractivity contribution is 5.92. The second-order valence-corrected chi connectivity index (χ2v) is 6.62. The van der Waals surface area contributed by atoms with E-state index >= 15 is 0 Å². The zero-order chi connectivity index (χ0) is 19.1. The molecule has 0 aliphatic rings. The number of anilines is 1. The number of aryl methyl sites for hydroxylation is 1. The highest BCUT2D eigenvalue weighted by atomic mass is 16.5. The van der Waals surface area contributed by atoms with E-state index in [9.17, 15) is 4.79 Å². The fourth-order valence-electron chi connectivity index (χ4n) is 2.99. The fourth-order valence-corrected chi connectivity index (χ4v) is 2.99. The maximum absolute atomic E-state index is 12.5. The topological polar surface area (TPSA) is 58.4 Å². The number of nitrogens with one attached hydrogen (secondary N) is 1. The van der Waals surface area contributed by atoms with E-state index in [1.807, 2.05) is 67.6 Å². The number of aromatic nitrogens is 1. The Morgan fingerprint density at radius 1 is 1.11 bits per heavy atom. The first-order valence-corrected chi connectivity index (χ1v) is 9.24. The molecule has 0 radical (unpaired) electrons. The Morgan fingerprint density at radius 2 is 1.85 bits per heavy atom. The van der Waals surface area contributed by atoms with Gasteiger partial charge in [-0.25, -0.2) is 0 Å². The minimum absolute atomic E-state index is 0.0236. The molecule has 3 rings (SSSR count). The second kappa shape index (κ2) is 9.14. The maximum Gasteiger partial charge on any atom is 0.238 e. The van der Waals surface area contributed by atoms with Crippen LogP contribution in [0.2, 0.25) is 0 Å². The fraction of sp³-hybridized carbons (Fsp3) is 0.273. The van der Waals surface area contributed by atoms with Gasteiger partial charge in [-0.1, -0.05) is 60.6 Å². The van der Waals surface area contributed by atoms with Gasteiger partial charge in [-0.05, 0) is 31.5 Å². The molecule has 0 aliphatic heterocycles. The van der Waals surface area contributed by atoms with Crippen LogP contribution in [0.25, 0.3) is 11.3 Å². The second-order valence-electron chi connectivity index (χ2n) is 6.62. The summed E-state index contributed by atoms with van der Waals surface area (Å²) in [5, 5.41) is 7.16. The van der Waals surface area contributed by atoms with Crippen molar-refractivity contribution in [1.29, 1.82) is 0 Å². The van der Waals surface area contributed by atoms with Gasteiger partial charge in [0.05, 0.1) is 12.2 Å². The number of nitrogens with zero attached hydrogens (tertiary/aromatic N) is 2. The van der Waals surface area contributed by atoms with Crippen LogP contribution in [0, 0.1) is 6.92 Å². The number of amides is 1. The van der Waals surface area contributed by atoms with Crippen LogP contribution in [0.1, 0.15) is 24.6 Å². The molecule has 3 aromatic rings. The summed E-state index contributed by atoms with van der Waals surface area (Å²) in [6.07, 6.45) is 0.959. The number of hydrogen-bond acceptors (Lipinski definition) is 4. The largest absolute Gasteiger partial charge is 0.356 e. The third kappa shape index (κ3) is 5.28. The normalized spacial score (nSPS) is 10.9. The van der Waals surface area contributed by atoms with E-state index in [4.69, 9.17) is 4.52 Å². The van der Waals surface area contributed by atoms with Crippen molar-refractivity contribution in [3.63, 3.8) is 0 Å². The summed E-state index contributed by atoms with van der Waals surface area (Å²) >= 11 is 0. The monoisotopic (exact) mass is 363 g/mol. The Kier molecular flexibility index (Phi) is 6.39. The number of carbonyl (C=O) groups excluding carboxylic acids is 1. The van der Waals surface area contributed by atoms with Crippen LogP contribution in [0.4, 0.5) is 5.69 Å². The standard InChI is InChI=1S/C22H25N3O2/c1-3-13-25(16-22(26)23-20-12-8-7-9-17(20)2)15-19-14-21(27-24-19)18-10-5-4-6-11-18/h4-12,14H,3,13,15-16H2,1-2H3,(H,23,26). The highest BCUT2D eigenvalue weighted by Crippen LogP contribution is 2.20. The number of para-hydroxylation sites is 1. The average Bonchev–Trinajstić information content (AvgIpc) is 3.13. The van der Waals surface area contributed by atoms with Crippen LogP contribution in [0.3, 0.4) is 0 Å². The Hall–Kier alpha value is -2.92. The number of hydrogen-bond donors (Lipinski definition) is 1. The minimum Gasteiger partial charge on any atom is -0.356 e. The maximum atomic E-state index is 12.5. The van der Waals surface area contributed by atoms with Crippen molar-refractivity contribution in [2.75, 3.05) is 18.4 Å². The lowest BCUT2D eigenvalue weighted by Gasteiger charge is -2.20. The quantitative estimate of drug-likeness (QED) is 0.640. The first-order valence-electron chi connectivity index (χ1n) is 9.24. The van der Waals surface area contributed by atoms with Crippen molar-refractivity contribution in [3.05, 3.63) is 71.9 Å². The summed E-state index contributed by atoms with van der Waals surface area (Å²) in [5.41, 5.74) is 3.73. The van der Waals surface area contributed by atoms with E-state index in [-0.39, 0.29) is 5.91 Å².